The van der Waals surface area contributed by atoms with E-state index in [-0.39, 0.29) is 24.9 Å². The van der Waals surface area contributed by atoms with Gasteiger partial charge in [-0.3, -0.25) is 4.90 Å². The molecule has 24 heavy (non-hydrogen) atoms. The van der Waals surface area contributed by atoms with Crippen molar-refractivity contribution in [3.63, 3.8) is 0 Å². The van der Waals surface area contributed by atoms with E-state index in [2.05, 4.69) is 5.32 Å². The van der Waals surface area contributed by atoms with E-state index in [0.717, 1.165) is 12.1 Å². The lowest BCUT2D eigenvalue weighted by atomic mass is 10.1. The molecule has 1 fully saturated rings. The molecule has 1 aromatic carbocycles. The van der Waals surface area contributed by atoms with Crippen LogP contribution in [-0.4, -0.2) is 71.5 Å². The van der Waals surface area contributed by atoms with E-state index in [9.17, 15) is 18.0 Å². The molecule has 1 aliphatic rings. The number of carbonyl (C=O) groups excluding carboxylic acids is 1. The number of nitrogens with zero attached hydrogens (tertiary/aromatic N) is 2. The van der Waals surface area contributed by atoms with Crippen molar-refractivity contribution in [2.75, 3.05) is 44.7 Å². The fourth-order valence-electron chi connectivity index (χ4n) is 2.56. The molecule has 9 heteroatoms. The van der Waals surface area contributed by atoms with Crippen molar-refractivity contribution in [1.82, 2.24) is 9.80 Å². The number of anilines is 1. The summed E-state index contributed by atoms with van der Waals surface area (Å²) in [6, 6.07) is 4.02. The Bertz CT molecular complexity index is 556. The molecule has 6 nitrogen and oxygen atoms in total. The predicted octanol–water partition coefficient (Wildman–Crippen LogP) is 1.21. The second-order valence-corrected chi connectivity index (χ2v) is 5.55. The van der Waals surface area contributed by atoms with Crippen molar-refractivity contribution in [2.24, 2.45) is 0 Å². The number of rotatable bonds is 6. The standard InChI is InChI=1S/C15H20F3N3O3/c16-15(17,18)11-2-1-3-12(8-11)19-14(24)21-9-13(10-21)20(4-6-22)5-7-23/h1-3,8,13,22-23H,4-7,9-10H2,(H,19,24). The number of alkyl halides is 3. The van der Waals surface area contributed by atoms with E-state index >= 15 is 0 Å². The third-order valence-corrected chi connectivity index (χ3v) is 3.88. The molecule has 134 valence electrons. The number of halogens is 3. The average Bonchev–Trinajstić information content (AvgIpc) is 2.45. The summed E-state index contributed by atoms with van der Waals surface area (Å²) >= 11 is 0. The summed E-state index contributed by atoms with van der Waals surface area (Å²) in [7, 11) is 0. The van der Waals surface area contributed by atoms with Gasteiger partial charge in [-0.05, 0) is 18.2 Å². The summed E-state index contributed by atoms with van der Waals surface area (Å²) in [5.41, 5.74) is -0.736. The topological polar surface area (TPSA) is 76.0 Å². The number of amides is 2. The number of aliphatic hydroxyl groups excluding tert-OH is 2. The Labute approximate surface area is 137 Å². The summed E-state index contributed by atoms with van der Waals surface area (Å²) in [5, 5.41) is 20.4. The summed E-state index contributed by atoms with van der Waals surface area (Å²) in [6.07, 6.45) is -4.46. The molecular weight excluding hydrogens is 327 g/mol. The Morgan fingerprint density at radius 2 is 1.88 bits per heavy atom. The van der Waals surface area contributed by atoms with Crippen LogP contribution in [-0.2, 0) is 6.18 Å². The van der Waals surface area contributed by atoms with Gasteiger partial charge in [-0.15, -0.1) is 0 Å². The zero-order chi connectivity index (χ0) is 17.7. The number of hydrogen-bond acceptors (Lipinski definition) is 4. The molecule has 0 spiro atoms. The van der Waals surface area contributed by atoms with E-state index < -0.39 is 17.8 Å². The summed E-state index contributed by atoms with van der Waals surface area (Å²) < 4.78 is 38.0. The molecule has 1 saturated heterocycles. The number of hydrogen-bond donors (Lipinski definition) is 3. The smallest absolute Gasteiger partial charge is 0.395 e. The van der Waals surface area contributed by atoms with Crippen molar-refractivity contribution in [2.45, 2.75) is 12.2 Å². The lowest BCUT2D eigenvalue weighted by Crippen LogP contribution is -2.62. The minimum atomic E-state index is -4.46. The van der Waals surface area contributed by atoms with Gasteiger partial charge in [-0.1, -0.05) is 6.07 Å². The van der Waals surface area contributed by atoms with Crippen molar-refractivity contribution in [3.8, 4) is 0 Å². The first-order valence-electron chi connectivity index (χ1n) is 7.54. The normalized spacial score (nSPS) is 15.5. The molecule has 0 radical (unpaired) electrons. The Morgan fingerprint density at radius 1 is 1.25 bits per heavy atom. The third-order valence-electron chi connectivity index (χ3n) is 3.88. The van der Waals surface area contributed by atoms with Crippen LogP contribution in [0.4, 0.5) is 23.7 Å². The lowest BCUT2D eigenvalue weighted by molar-refractivity contribution is -0.137. The lowest BCUT2D eigenvalue weighted by Gasteiger charge is -2.45. The number of aliphatic hydroxyl groups is 2. The van der Waals surface area contributed by atoms with Crippen LogP contribution in [0.1, 0.15) is 5.56 Å². The van der Waals surface area contributed by atoms with Gasteiger partial charge in [0.25, 0.3) is 0 Å². The maximum absolute atomic E-state index is 12.7. The van der Waals surface area contributed by atoms with E-state index in [1.807, 2.05) is 4.90 Å². The van der Waals surface area contributed by atoms with Crippen LogP contribution in [0.25, 0.3) is 0 Å². The van der Waals surface area contributed by atoms with Crippen LogP contribution in [0.3, 0.4) is 0 Å². The zero-order valence-corrected chi connectivity index (χ0v) is 13.0. The quantitative estimate of drug-likeness (QED) is 0.723. The Hall–Kier alpha value is -1.84. The molecule has 1 heterocycles. The van der Waals surface area contributed by atoms with Crippen molar-refractivity contribution in [3.05, 3.63) is 29.8 Å². The average molecular weight is 347 g/mol. The maximum Gasteiger partial charge on any atom is 0.416 e. The minimum absolute atomic E-state index is 0.0246. The summed E-state index contributed by atoms with van der Waals surface area (Å²) in [4.78, 5) is 15.4. The summed E-state index contributed by atoms with van der Waals surface area (Å²) in [5.74, 6) is 0. The van der Waals surface area contributed by atoms with Crippen LogP contribution >= 0.6 is 0 Å². The highest BCUT2D eigenvalue weighted by Crippen LogP contribution is 2.30. The molecule has 2 amide bonds. The van der Waals surface area contributed by atoms with E-state index in [1.54, 1.807) is 0 Å². The highest BCUT2D eigenvalue weighted by atomic mass is 19.4. The van der Waals surface area contributed by atoms with Crippen molar-refractivity contribution >= 4 is 11.7 Å². The number of carbonyl (C=O) groups is 1. The minimum Gasteiger partial charge on any atom is -0.395 e. The first kappa shape index (κ1) is 18.5. The number of nitrogens with one attached hydrogen (secondary N) is 1. The SMILES string of the molecule is O=C(Nc1cccc(C(F)(F)F)c1)N1CC(N(CCO)CCO)C1. The number of urea groups is 1. The number of benzene rings is 1. The van der Waals surface area contributed by atoms with Gasteiger partial charge in [0.1, 0.15) is 0 Å². The molecule has 0 aromatic heterocycles. The Morgan fingerprint density at radius 3 is 2.42 bits per heavy atom. The summed E-state index contributed by atoms with van der Waals surface area (Å²) in [6.45, 7) is 1.48. The van der Waals surface area contributed by atoms with Crippen molar-refractivity contribution < 1.29 is 28.2 Å². The second kappa shape index (κ2) is 7.82. The molecule has 0 bridgehead atoms. The molecule has 0 unspecified atom stereocenters. The highest BCUT2D eigenvalue weighted by Gasteiger charge is 2.35. The van der Waals surface area contributed by atoms with Gasteiger partial charge in [0, 0.05) is 37.9 Å². The van der Waals surface area contributed by atoms with Crippen LogP contribution in [0.2, 0.25) is 0 Å². The molecule has 0 saturated carbocycles. The molecule has 3 N–H and O–H groups in total. The highest BCUT2D eigenvalue weighted by molar-refractivity contribution is 5.90. The fourth-order valence-corrected chi connectivity index (χ4v) is 2.56. The van der Waals surface area contributed by atoms with Gasteiger partial charge in [-0.25, -0.2) is 4.79 Å². The molecule has 0 aliphatic carbocycles. The molecule has 2 rings (SSSR count). The largest absolute Gasteiger partial charge is 0.416 e. The van der Waals surface area contributed by atoms with E-state index in [4.69, 9.17) is 10.2 Å². The van der Waals surface area contributed by atoms with Gasteiger partial charge >= 0.3 is 12.2 Å². The molecular formula is C15H20F3N3O3. The second-order valence-electron chi connectivity index (χ2n) is 5.55. The van der Waals surface area contributed by atoms with Gasteiger partial charge < -0.3 is 20.4 Å². The molecule has 1 aromatic rings. The predicted molar refractivity (Wildman–Crippen MR) is 81.6 cm³/mol. The van der Waals surface area contributed by atoms with Crippen LogP contribution < -0.4 is 5.32 Å². The zero-order valence-electron chi connectivity index (χ0n) is 13.0. The maximum atomic E-state index is 12.7. The Kier molecular flexibility index (Phi) is 6.03. The van der Waals surface area contributed by atoms with E-state index in [1.165, 1.54) is 17.0 Å². The van der Waals surface area contributed by atoms with Crippen molar-refractivity contribution in [1.29, 1.82) is 0 Å². The number of likely N-dealkylation sites (tertiary alicyclic amines) is 1. The molecule has 0 atom stereocenters. The van der Waals surface area contributed by atoms with Crippen LogP contribution in [0, 0.1) is 0 Å². The first-order valence-corrected chi connectivity index (χ1v) is 7.54. The Balaban J connectivity index is 1.89. The van der Waals surface area contributed by atoms with E-state index in [0.29, 0.717) is 26.2 Å². The van der Waals surface area contributed by atoms with Crippen LogP contribution in [0.5, 0.6) is 0 Å². The fraction of sp³-hybridized carbons (Fsp3) is 0.533. The van der Waals surface area contributed by atoms with Gasteiger partial charge in [0.15, 0.2) is 0 Å². The first-order chi connectivity index (χ1) is 11.3. The third kappa shape index (κ3) is 4.59. The molecule has 1 aliphatic heterocycles. The van der Waals surface area contributed by atoms with Gasteiger partial charge in [0.2, 0.25) is 0 Å². The van der Waals surface area contributed by atoms with Crippen LogP contribution in [0.15, 0.2) is 24.3 Å². The van der Waals surface area contributed by atoms with Gasteiger partial charge in [0.05, 0.1) is 18.8 Å². The van der Waals surface area contributed by atoms with Gasteiger partial charge in [-0.2, -0.15) is 13.2 Å². The monoisotopic (exact) mass is 347 g/mol.